The first kappa shape index (κ1) is 27.0. The zero-order valence-electron chi connectivity index (χ0n) is 24.5. The maximum Gasteiger partial charge on any atom is 0.0943 e. The molecular formula is C36H43N3. The van der Waals surface area contributed by atoms with Crippen LogP contribution in [0.3, 0.4) is 0 Å². The fourth-order valence-electron chi connectivity index (χ4n) is 6.02. The van der Waals surface area contributed by atoms with Gasteiger partial charge in [0, 0.05) is 23.0 Å². The van der Waals surface area contributed by atoms with Crippen LogP contribution in [-0.4, -0.2) is 11.0 Å². The first-order valence-electron chi connectivity index (χ1n) is 14.6. The highest BCUT2D eigenvalue weighted by Crippen LogP contribution is 2.40. The highest BCUT2D eigenvalue weighted by Gasteiger charge is 2.25. The summed E-state index contributed by atoms with van der Waals surface area (Å²) in [4.78, 5) is 5.37. The van der Waals surface area contributed by atoms with Gasteiger partial charge in [-0.3, -0.25) is 4.98 Å². The predicted octanol–water partition coefficient (Wildman–Crippen LogP) is 9.68. The Morgan fingerprint density at radius 2 is 1.28 bits per heavy atom. The van der Waals surface area contributed by atoms with Crippen LogP contribution in [0.25, 0.3) is 11.3 Å². The Morgan fingerprint density at radius 3 is 1.95 bits per heavy atom. The van der Waals surface area contributed by atoms with Crippen molar-refractivity contribution in [2.45, 2.75) is 84.7 Å². The van der Waals surface area contributed by atoms with E-state index in [-0.39, 0.29) is 6.04 Å². The summed E-state index contributed by atoms with van der Waals surface area (Å²) in [7, 11) is 0. The molecule has 3 nitrogen and oxygen atoms in total. The highest BCUT2D eigenvalue weighted by molar-refractivity contribution is 5.80. The molecule has 0 saturated heterocycles. The van der Waals surface area contributed by atoms with Crippen LogP contribution in [-0.2, 0) is 6.42 Å². The van der Waals surface area contributed by atoms with Gasteiger partial charge in [0.1, 0.15) is 0 Å². The van der Waals surface area contributed by atoms with Crippen LogP contribution in [0.4, 0.5) is 11.4 Å². The van der Waals surface area contributed by atoms with E-state index in [0.29, 0.717) is 23.8 Å². The van der Waals surface area contributed by atoms with Crippen LogP contribution >= 0.6 is 0 Å². The van der Waals surface area contributed by atoms with E-state index < -0.39 is 0 Å². The minimum Gasteiger partial charge on any atom is -0.381 e. The molecule has 39 heavy (non-hydrogen) atoms. The molecule has 1 aliphatic rings. The normalized spacial score (nSPS) is 15.5. The van der Waals surface area contributed by atoms with Gasteiger partial charge >= 0.3 is 0 Å². The average molecular weight is 518 g/mol. The van der Waals surface area contributed by atoms with Crippen LogP contribution in [0.5, 0.6) is 0 Å². The lowest BCUT2D eigenvalue weighted by Crippen LogP contribution is -2.19. The van der Waals surface area contributed by atoms with E-state index in [4.69, 9.17) is 4.98 Å². The van der Waals surface area contributed by atoms with Gasteiger partial charge in [0.2, 0.25) is 0 Å². The van der Waals surface area contributed by atoms with Crippen LogP contribution in [0.1, 0.15) is 106 Å². The molecule has 0 unspecified atom stereocenters. The lowest BCUT2D eigenvalue weighted by atomic mass is 9.88. The molecule has 3 aromatic carbocycles. The Kier molecular flexibility index (Phi) is 7.79. The summed E-state index contributed by atoms with van der Waals surface area (Å²) in [6, 6.07) is 29.1. The zero-order chi connectivity index (χ0) is 27.7. The Balaban J connectivity index is 1.68. The minimum absolute atomic E-state index is 0.0791. The van der Waals surface area contributed by atoms with Crippen LogP contribution in [0.2, 0.25) is 0 Å². The quantitative estimate of drug-likeness (QED) is 0.244. The maximum absolute atomic E-state index is 5.37. The molecule has 0 aliphatic carbocycles. The second-order valence-corrected chi connectivity index (χ2v) is 12.0. The molecule has 0 saturated carbocycles. The fraction of sp³-hybridized carbons (Fsp3) is 0.361. The van der Waals surface area contributed by atoms with Crippen LogP contribution in [0, 0.1) is 0 Å². The van der Waals surface area contributed by atoms with Gasteiger partial charge in [0.05, 0.1) is 17.4 Å². The van der Waals surface area contributed by atoms with Crippen molar-refractivity contribution in [3.63, 3.8) is 0 Å². The fourth-order valence-corrected chi connectivity index (χ4v) is 6.02. The Morgan fingerprint density at radius 1 is 0.692 bits per heavy atom. The number of benzene rings is 3. The molecule has 2 N–H and O–H groups in total. The van der Waals surface area contributed by atoms with Crippen molar-refractivity contribution >= 4 is 11.4 Å². The molecule has 1 aromatic heterocycles. The first-order valence-corrected chi connectivity index (χ1v) is 14.6. The number of nitrogens with zero attached hydrogens (tertiary/aromatic N) is 1. The van der Waals surface area contributed by atoms with E-state index in [0.717, 1.165) is 17.8 Å². The molecule has 2 heterocycles. The number of anilines is 2. The van der Waals surface area contributed by atoms with E-state index in [1.807, 2.05) is 0 Å². The summed E-state index contributed by atoms with van der Waals surface area (Å²) in [6.07, 6.45) is 1.05. The molecule has 0 amide bonds. The van der Waals surface area contributed by atoms with Gasteiger partial charge in [-0.05, 0) is 71.0 Å². The van der Waals surface area contributed by atoms with Gasteiger partial charge in [0.15, 0.2) is 0 Å². The van der Waals surface area contributed by atoms with Gasteiger partial charge in [-0.1, -0.05) is 108 Å². The minimum atomic E-state index is -0.0791. The van der Waals surface area contributed by atoms with Gasteiger partial charge in [-0.25, -0.2) is 0 Å². The maximum atomic E-state index is 5.37. The van der Waals surface area contributed by atoms with E-state index in [1.54, 1.807) is 0 Å². The second kappa shape index (κ2) is 11.3. The van der Waals surface area contributed by atoms with Crippen molar-refractivity contribution in [1.82, 2.24) is 4.98 Å². The number of fused-ring (bicyclic) bond motifs is 1. The number of pyridine rings is 1. The SMILES string of the molecule is CC(C)c1ccccc1[C@H](Nc1c(C(C)C)cccc1C(C)C)c1cccc(-c2cccc3c2N[C@H](C)C3)n1. The molecular weight excluding hydrogens is 474 g/mol. The van der Waals surface area contributed by atoms with E-state index in [2.05, 4.69) is 138 Å². The van der Waals surface area contributed by atoms with Crippen LogP contribution in [0.15, 0.2) is 78.9 Å². The molecule has 4 aromatic rings. The molecule has 0 bridgehead atoms. The monoisotopic (exact) mass is 517 g/mol. The van der Waals surface area contributed by atoms with E-state index in [1.165, 1.54) is 44.8 Å². The van der Waals surface area contributed by atoms with Crippen molar-refractivity contribution in [1.29, 1.82) is 0 Å². The molecule has 202 valence electrons. The Hall–Kier alpha value is -3.59. The van der Waals surface area contributed by atoms with E-state index >= 15 is 0 Å². The number of nitrogens with one attached hydrogen (secondary N) is 2. The van der Waals surface area contributed by atoms with Gasteiger partial charge < -0.3 is 10.6 Å². The largest absolute Gasteiger partial charge is 0.381 e. The second-order valence-electron chi connectivity index (χ2n) is 12.0. The molecule has 3 heteroatoms. The van der Waals surface area contributed by atoms with Crippen molar-refractivity contribution < 1.29 is 0 Å². The number of hydrogen-bond donors (Lipinski definition) is 2. The van der Waals surface area contributed by atoms with Gasteiger partial charge in [0.25, 0.3) is 0 Å². The third-order valence-corrected chi connectivity index (χ3v) is 8.00. The number of aromatic nitrogens is 1. The molecule has 2 atom stereocenters. The first-order chi connectivity index (χ1) is 18.7. The molecule has 0 radical (unpaired) electrons. The third kappa shape index (κ3) is 5.45. The Bertz CT molecular complexity index is 1420. The van der Waals surface area contributed by atoms with Crippen LogP contribution < -0.4 is 10.6 Å². The summed E-state index contributed by atoms with van der Waals surface area (Å²) >= 11 is 0. The molecule has 0 fully saturated rings. The smallest absolute Gasteiger partial charge is 0.0943 e. The predicted molar refractivity (Wildman–Crippen MR) is 167 cm³/mol. The van der Waals surface area contributed by atoms with Crippen molar-refractivity contribution in [2.24, 2.45) is 0 Å². The highest BCUT2D eigenvalue weighted by atomic mass is 15.0. The summed E-state index contributed by atoms with van der Waals surface area (Å²) in [5.74, 6) is 1.22. The lowest BCUT2D eigenvalue weighted by Gasteiger charge is -2.29. The third-order valence-electron chi connectivity index (χ3n) is 8.00. The standard InChI is InChI=1S/C36H43N3/c1-22(2)27-14-8-9-15-30(27)36(39-35-28(23(3)4)16-11-17-29(35)24(5)6)33-20-12-19-32(38-33)31-18-10-13-26-21-25(7)37-34(26)31/h8-20,22-25,36-37,39H,21H2,1-7H3/t25-,36+/m1/s1. The Labute approximate surface area is 235 Å². The average Bonchev–Trinajstić information content (AvgIpc) is 3.31. The number of hydrogen-bond acceptors (Lipinski definition) is 3. The topological polar surface area (TPSA) is 37.0 Å². The van der Waals surface area contributed by atoms with Crippen molar-refractivity contribution in [3.05, 3.63) is 112 Å². The summed E-state index contributed by atoms with van der Waals surface area (Å²) in [5.41, 5.74) is 12.4. The summed E-state index contributed by atoms with van der Waals surface area (Å²) in [6.45, 7) is 15.9. The molecule has 1 aliphatic heterocycles. The molecule has 5 rings (SSSR count). The van der Waals surface area contributed by atoms with Gasteiger partial charge in [-0.15, -0.1) is 0 Å². The number of rotatable bonds is 8. The van der Waals surface area contributed by atoms with Crippen molar-refractivity contribution in [2.75, 3.05) is 10.6 Å². The van der Waals surface area contributed by atoms with Gasteiger partial charge in [-0.2, -0.15) is 0 Å². The lowest BCUT2D eigenvalue weighted by molar-refractivity contribution is 0.788. The molecule has 0 spiro atoms. The summed E-state index contributed by atoms with van der Waals surface area (Å²) < 4.78 is 0. The zero-order valence-corrected chi connectivity index (χ0v) is 24.5. The number of para-hydroxylation sites is 2. The summed E-state index contributed by atoms with van der Waals surface area (Å²) in [5, 5.41) is 7.76. The van der Waals surface area contributed by atoms with Crippen molar-refractivity contribution in [3.8, 4) is 11.3 Å². The van der Waals surface area contributed by atoms with E-state index in [9.17, 15) is 0 Å².